The summed E-state index contributed by atoms with van der Waals surface area (Å²) in [6, 6.07) is 102. The molecule has 2 aromatic heterocycles. The number of anilines is 6. The second-order valence-corrected chi connectivity index (χ2v) is 44.2. The predicted molar refractivity (Wildman–Crippen MR) is 519 cm³/mol. The van der Waals surface area contributed by atoms with Gasteiger partial charge in [-0.3, -0.25) is 0 Å². The Hall–Kier alpha value is -10.9. The molecule has 2 aliphatic rings. The van der Waals surface area contributed by atoms with Crippen molar-refractivity contribution < 1.29 is 0 Å². The fraction of sp³-hybridized carbons (Fsp3) is 0.316. The topological polar surface area (TPSA) is 16.3 Å². The van der Waals surface area contributed by atoms with Gasteiger partial charge in [-0.2, -0.15) is 0 Å². The molecule has 4 nitrogen and oxygen atoms in total. The van der Waals surface area contributed by atoms with Crippen molar-refractivity contribution in [3.8, 4) is 55.9 Å². The van der Waals surface area contributed by atoms with E-state index in [1.165, 1.54) is 166 Å². The van der Waals surface area contributed by atoms with Crippen molar-refractivity contribution in [1.29, 1.82) is 0 Å². The molecule has 4 heterocycles. The minimum atomic E-state index is -0.350. The first-order valence-corrected chi connectivity index (χ1v) is 43.6. The predicted octanol–water partition coefficient (Wildman–Crippen LogP) is 30.3. The smallest absolute Gasteiger partial charge is 0.252 e. The highest BCUT2D eigenvalue weighted by Gasteiger charge is 2.46. The lowest BCUT2D eigenvalue weighted by molar-refractivity contribution is 0.568. The zero-order valence-electron chi connectivity index (χ0n) is 76.1. The zero-order valence-corrected chi connectivity index (χ0v) is 76.1. The molecular weight excluding hydrogens is 1440 g/mol. The zero-order chi connectivity index (χ0) is 84.9. The summed E-state index contributed by atoms with van der Waals surface area (Å²) in [4.78, 5) is 5.51. The van der Waals surface area contributed by atoms with E-state index in [9.17, 15) is 0 Å². The fourth-order valence-corrected chi connectivity index (χ4v) is 18.5. The first kappa shape index (κ1) is 80.5. The average Bonchev–Trinajstić information content (AvgIpc) is 0.795. The molecule has 2 aliphatic heterocycles. The highest BCUT2D eigenvalue weighted by molar-refractivity contribution is 7.00. The summed E-state index contributed by atoms with van der Waals surface area (Å²) < 4.78 is 5.12. The Morgan fingerprint density at radius 3 is 0.849 bits per heavy atom. The summed E-state index contributed by atoms with van der Waals surface area (Å²) in [6.45, 7) is 63.5. The van der Waals surface area contributed by atoms with Crippen LogP contribution in [0.15, 0.2) is 255 Å². The Labute approximate surface area is 711 Å². The molecule has 0 fully saturated rings. The van der Waals surface area contributed by atoms with Crippen LogP contribution in [0.3, 0.4) is 0 Å². The molecule has 15 aromatic rings. The van der Waals surface area contributed by atoms with Gasteiger partial charge in [-0.25, -0.2) is 0 Å². The van der Waals surface area contributed by atoms with Crippen molar-refractivity contribution in [3.05, 3.63) is 305 Å². The lowest BCUT2D eigenvalue weighted by Gasteiger charge is -2.46. The molecule has 0 atom stereocenters. The molecule has 0 N–H and O–H groups in total. The van der Waals surface area contributed by atoms with Crippen LogP contribution in [-0.2, 0) is 48.7 Å². The summed E-state index contributed by atoms with van der Waals surface area (Å²) in [5, 5.41) is 5.00. The van der Waals surface area contributed by atoms with Crippen LogP contribution >= 0.6 is 0 Å². The molecule has 0 unspecified atom stereocenters. The molecule has 0 aliphatic carbocycles. The van der Waals surface area contributed by atoms with E-state index in [0.717, 1.165) is 34.1 Å². The van der Waals surface area contributed by atoms with E-state index in [1.807, 2.05) is 0 Å². The van der Waals surface area contributed by atoms with Crippen molar-refractivity contribution >= 4 is 101 Å². The Morgan fingerprint density at radius 1 is 0.193 bits per heavy atom. The van der Waals surface area contributed by atoms with Crippen LogP contribution in [-0.4, -0.2) is 15.8 Å². The molecule has 0 radical (unpaired) electrons. The standard InChI is InChI=1S/C114H123BN4/c1-106(2,3)76-36-32-34-72(54-76)87-48-42-70(74-56-80(110(13,14)15)62-81(57-74)111(16,17)18)60-99(87)118-101-68-85(116-95-40-30-28-38-89(95)91-64-78(108(7,8)9)44-52-97(91)116)46-50-93(101)115-94-51-47-86(117-96-41-31-29-39-90(96)92-65-79(109(10,11)12)45-53-98(92)117)69-102(94)119(104-67-84(114(25,26)27)66-103(118)105(104)115)100-61-71(43-49-88(100)73-35-33-37-77(55-73)107(4,5)6)75-58-82(112(19,20)21)63-83(59-75)113(22,23)24/h28-69H,1-27H3. The number of para-hydroxylation sites is 2. The number of hydrogen-bond acceptors (Lipinski definition) is 2. The number of rotatable bonds is 8. The molecule has 0 bridgehead atoms. The summed E-state index contributed by atoms with van der Waals surface area (Å²) >= 11 is 0. The van der Waals surface area contributed by atoms with Crippen LogP contribution in [0.1, 0.15) is 237 Å². The first-order valence-electron chi connectivity index (χ1n) is 43.6. The SMILES string of the molecule is CC(C)(C)c1cccc(-c2ccc(-c3cc(C(C)(C)C)cc(C(C)(C)C)c3)cc2N2c3cc(-n4c5ccccc5c5cc(C(C)(C)C)ccc54)ccc3B3c4ccc(-n5c6ccccc6c6cc(C(C)(C)C)ccc65)cc4N(c4cc(-c5cc(C(C)(C)C)cc(C(C)(C)C)c5)ccc4-c4cccc(C(C)(C)C)c4)c4cc(C(C)(C)C)cc2c43)c1. The van der Waals surface area contributed by atoms with E-state index in [1.54, 1.807) is 0 Å². The molecule has 0 spiro atoms. The largest absolute Gasteiger partial charge is 0.311 e. The Balaban J connectivity index is 1.06. The van der Waals surface area contributed by atoms with Crippen molar-refractivity contribution in [3.63, 3.8) is 0 Å². The van der Waals surface area contributed by atoms with E-state index in [4.69, 9.17) is 0 Å². The van der Waals surface area contributed by atoms with Gasteiger partial charge in [0.05, 0.1) is 33.4 Å². The highest BCUT2D eigenvalue weighted by atomic mass is 15.2. The lowest BCUT2D eigenvalue weighted by atomic mass is 9.33. The van der Waals surface area contributed by atoms with Crippen LogP contribution in [0.4, 0.5) is 34.1 Å². The second-order valence-electron chi connectivity index (χ2n) is 44.2. The van der Waals surface area contributed by atoms with Gasteiger partial charge in [0, 0.05) is 66.8 Å². The van der Waals surface area contributed by atoms with E-state index in [-0.39, 0.29) is 55.4 Å². The summed E-state index contributed by atoms with van der Waals surface area (Å²) in [7, 11) is 0. The Morgan fingerprint density at radius 2 is 0.504 bits per heavy atom. The van der Waals surface area contributed by atoms with Crippen LogP contribution < -0.4 is 26.2 Å². The van der Waals surface area contributed by atoms with Gasteiger partial charge in [-0.05, 0) is 234 Å². The van der Waals surface area contributed by atoms with Gasteiger partial charge in [0.2, 0.25) is 0 Å². The van der Waals surface area contributed by atoms with Gasteiger partial charge in [-0.1, -0.05) is 357 Å². The summed E-state index contributed by atoms with van der Waals surface area (Å²) in [5.41, 5.74) is 37.7. The quantitative estimate of drug-likeness (QED) is 0.141. The molecule has 119 heavy (non-hydrogen) atoms. The highest BCUT2D eigenvalue weighted by Crippen LogP contribution is 2.54. The summed E-state index contributed by atoms with van der Waals surface area (Å²) in [5.74, 6) is 0. The fourth-order valence-electron chi connectivity index (χ4n) is 18.5. The number of nitrogens with zero attached hydrogens (tertiary/aromatic N) is 4. The van der Waals surface area contributed by atoms with E-state index in [2.05, 4.69) is 461 Å². The summed E-state index contributed by atoms with van der Waals surface area (Å²) in [6.07, 6.45) is 0. The van der Waals surface area contributed by atoms with Crippen LogP contribution in [0.2, 0.25) is 0 Å². The van der Waals surface area contributed by atoms with Gasteiger partial charge < -0.3 is 18.9 Å². The molecule has 5 heteroatoms. The average molecular weight is 1560 g/mol. The third-order valence-electron chi connectivity index (χ3n) is 26.1. The van der Waals surface area contributed by atoms with Crippen molar-refractivity contribution in [1.82, 2.24) is 9.13 Å². The minimum Gasteiger partial charge on any atom is -0.311 e. The molecule has 602 valence electrons. The van der Waals surface area contributed by atoms with E-state index >= 15 is 0 Å². The molecule has 17 rings (SSSR count). The van der Waals surface area contributed by atoms with Crippen LogP contribution in [0.5, 0.6) is 0 Å². The monoisotopic (exact) mass is 1560 g/mol. The molecule has 13 aromatic carbocycles. The Kier molecular flexibility index (Phi) is 18.9. The van der Waals surface area contributed by atoms with Gasteiger partial charge in [0.25, 0.3) is 6.71 Å². The van der Waals surface area contributed by atoms with Crippen LogP contribution in [0, 0.1) is 0 Å². The number of fused-ring (bicyclic) bond motifs is 10. The van der Waals surface area contributed by atoms with Crippen LogP contribution in [0.25, 0.3) is 99.5 Å². The molecule has 0 saturated carbocycles. The molecular formula is C114H123BN4. The number of aromatic nitrogens is 2. The van der Waals surface area contributed by atoms with Gasteiger partial charge in [0.15, 0.2) is 0 Å². The van der Waals surface area contributed by atoms with Gasteiger partial charge >= 0.3 is 0 Å². The molecule has 0 saturated heterocycles. The van der Waals surface area contributed by atoms with Crippen molar-refractivity contribution in [2.45, 2.75) is 236 Å². The first-order chi connectivity index (χ1) is 55.7. The second kappa shape index (κ2) is 27.9. The van der Waals surface area contributed by atoms with Crippen molar-refractivity contribution in [2.75, 3.05) is 9.80 Å². The third-order valence-corrected chi connectivity index (χ3v) is 26.1. The van der Waals surface area contributed by atoms with E-state index in [0.29, 0.717) is 0 Å². The maximum absolute atomic E-state index is 2.76. The molecule has 0 amide bonds. The van der Waals surface area contributed by atoms with E-state index < -0.39 is 0 Å². The minimum absolute atomic E-state index is 0.0506. The van der Waals surface area contributed by atoms with Gasteiger partial charge in [-0.15, -0.1) is 0 Å². The normalized spacial score (nSPS) is 13.8. The van der Waals surface area contributed by atoms with Crippen molar-refractivity contribution in [2.24, 2.45) is 0 Å². The Bertz CT molecular complexity index is 6160. The lowest BCUT2D eigenvalue weighted by Crippen LogP contribution is -2.61. The van der Waals surface area contributed by atoms with Gasteiger partial charge in [0.1, 0.15) is 0 Å². The third kappa shape index (κ3) is 14.4. The maximum atomic E-state index is 2.76. The maximum Gasteiger partial charge on any atom is 0.252 e. The number of benzene rings is 13. The number of hydrogen-bond donors (Lipinski definition) is 0.